The van der Waals surface area contributed by atoms with Crippen LogP contribution in [0.4, 0.5) is 4.39 Å². The Balaban J connectivity index is 2.24. The highest BCUT2D eigenvalue weighted by molar-refractivity contribution is 7.89. The van der Waals surface area contributed by atoms with E-state index in [1.165, 1.54) is 16.8 Å². The highest BCUT2D eigenvalue weighted by Gasteiger charge is 2.34. The van der Waals surface area contributed by atoms with Crippen molar-refractivity contribution in [2.45, 2.75) is 24.0 Å². The smallest absolute Gasteiger partial charge is 0.273 e. The minimum atomic E-state index is -3.99. The molecular formula is C10H10FN5O2S. The summed E-state index contributed by atoms with van der Waals surface area (Å²) in [7, 11) is -3.99. The van der Waals surface area contributed by atoms with Crippen LogP contribution in [-0.4, -0.2) is 28.2 Å². The second-order valence-corrected chi connectivity index (χ2v) is 5.76. The molecule has 0 bridgehead atoms. The predicted octanol–water partition coefficient (Wildman–Crippen LogP) is 0.462. The Morgan fingerprint density at radius 2 is 2.11 bits per heavy atom. The lowest BCUT2D eigenvalue weighted by atomic mass is 10.2. The molecule has 0 saturated heterocycles. The summed E-state index contributed by atoms with van der Waals surface area (Å²) >= 11 is 0. The summed E-state index contributed by atoms with van der Waals surface area (Å²) in [5, 5.41) is 12.1. The van der Waals surface area contributed by atoms with E-state index >= 15 is 0 Å². The number of nitrogens with two attached hydrogens (primary N) is 1. The van der Waals surface area contributed by atoms with E-state index in [1.54, 1.807) is 0 Å². The number of primary sulfonamides is 1. The number of sulfonamides is 1. The number of pyridine rings is 1. The maximum absolute atomic E-state index is 13.7. The number of nitrogens with zero attached hydrogens (tertiary/aromatic N) is 4. The van der Waals surface area contributed by atoms with Crippen molar-refractivity contribution in [3.8, 4) is 11.4 Å². The van der Waals surface area contributed by atoms with Gasteiger partial charge in [-0.3, -0.25) is 9.55 Å². The van der Waals surface area contributed by atoms with Gasteiger partial charge in [0.1, 0.15) is 0 Å². The second kappa shape index (κ2) is 4.07. The highest BCUT2D eigenvalue weighted by atomic mass is 32.2. The molecule has 1 aliphatic rings. The van der Waals surface area contributed by atoms with Crippen LogP contribution in [0, 0.1) is 5.82 Å². The Bertz CT molecular complexity index is 738. The van der Waals surface area contributed by atoms with E-state index in [4.69, 9.17) is 5.14 Å². The Morgan fingerprint density at radius 3 is 2.68 bits per heavy atom. The second-order valence-electron chi connectivity index (χ2n) is 4.31. The lowest BCUT2D eigenvalue weighted by Gasteiger charge is -2.07. The van der Waals surface area contributed by atoms with Crippen LogP contribution in [-0.2, 0) is 10.0 Å². The molecule has 0 aliphatic heterocycles. The average Bonchev–Trinajstić information content (AvgIpc) is 3.07. The Kier molecular flexibility index (Phi) is 2.61. The van der Waals surface area contributed by atoms with Gasteiger partial charge in [-0.1, -0.05) is 0 Å². The largest absolute Gasteiger partial charge is 0.294 e. The van der Waals surface area contributed by atoms with Crippen molar-refractivity contribution in [3.05, 3.63) is 24.3 Å². The third kappa shape index (κ3) is 2.10. The molecule has 2 heterocycles. The van der Waals surface area contributed by atoms with Gasteiger partial charge in [0.05, 0.1) is 11.8 Å². The van der Waals surface area contributed by atoms with Crippen molar-refractivity contribution in [1.82, 2.24) is 19.7 Å². The molecule has 7 nitrogen and oxygen atoms in total. The SMILES string of the molecule is NS(=O)(=O)c1nnc(-c2ccncc2F)n1C1CC1. The third-order valence-corrected chi connectivity index (χ3v) is 3.63. The molecule has 2 N–H and O–H groups in total. The average molecular weight is 283 g/mol. The highest BCUT2D eigenvalue weighted by Crippen LogP contribution is 2.39. The van der Waals surface area contributed by atoms with Crippen LogP contribution >= 0.6 is 0 Å². The molecule has 0 amide bonds. The first kappa shape index (κ1) is 12.2. The van der Waals surface area contributed by atoms with E-state index in [0.717, 1.165) is 19.0 Å². The van der Waals surface area contributed by atoms with E-state index in [1.807, 2.05) is 0 Å². The van der Waals surface area contributed by atoms with Crippen molar-refractivity contribution >= 4 is 10.0 Å². The molecule has 0 atom stereocenters. The summed E-state index contributed by atoms with van der Waals surface area (Å²) in [4.78, 5) is 3.64. The third-order valence-electron chi connectivity index (χ3n) is 2.84. The van der Waals surface area contributed by atoms with E-state index in [0.29, 0.717) is 0 Å². The van der Waals surface area contributed by atoms with E-state index < -0.39 is 15.8 Å². The van der Waals surface area contributed by atoms with Crippen LogP contribution in [0.3, 0.4) is 0 Å². The maximum Gasteiger partial charge on any atom is 0.273 e. The normalized spacial score (nSPS) is 15.7. The summed E-state index contributed by atoms with van der Waals surface area (Å²) in [5.41, 5.74) is 0.157. The fraction of sp³-hybridized carbons (Fsp3) is 0.300. The monoisotopic (exact) mass is 283 g/mol. The van der Waals surface area contributed by atoms with Gasteiger partial charge in [-0.05, 0) is 18.9 Å². The fourth-order valence-corrected chi connectivity index (χ4v) is 2.54. The summed E-state index contributed by atoms with van der Waals surface area (Å²) in [5.74, 6) is -0.427. The molecule has 1 saturated carbocycles. The zero-order chi connectivity index (χ0) is 13.6. The molecule has 9 heteroatoms. The number of rotatable bonds is 3. The quantitative estimate of drug-likeness (QED) is 0.881. The lowest BCUT2D eigenvalue weighted by molar-refractivity contribution is 0.566. The Morgan fingerprint density at radius 1 is 1.37 bits per heavy atom. The molecule has 0 unspecified atom stereocenters. The van der Waals surface area contributed by atoms with Crippen LogP contribution < -0.4 is 5.14 Å². The van der Waals surface area contributed by atoms with Gasteiger partial charge in [-0.2, -0.15) is 0 Å². The van der Waals surface area contributed by atoms with Crippen LogP contribution in [0.15, 0.2) is 23.6 Å². The number of aromatic nitrogens is 4. The van der Waals surface area contributed by atoms with Gasteiger partial charge in [0.2, 0.25) is 0 Å². The first-order valence-corrected chi connectivity index (χ1v) is 7.10. The molecule has 19 heavy (non-hydrogen) atoms. The van der Waals surface area contributed by atoms with Gasteiger partial charge < -0.3 is 0 Å². The number of halogens is 1. The first-order chi connectivity index (χ1) is 8.98. The number of hydrogen-bond donors (Lipinski definition) is 1. The Labute approximate surface area is 108 Å². The van der Waals surface area contributed by atoms with E-state index in [9.17, 15) is 12.8 Å². The Hall–Kier alpha value is -1.87. The minimum Gasteiger partial charge on any atom is -0.294 e. The van der Waals surface area contributed by atoms with Crippen molar-refractivity contribution in [1.29, 1.82) is 0 Å². The van der Waals surface area contributed by atoms with Gasteiger partial charge in [-0.15, -0.1) is 10.2 Å². The molecular weight excluding hydrogens is 273 g/mol. The molecule has 3 rings (SSSR count). The van der Waals surface area contributed by atoms with Gasteiger partial charge >= 0.3 is 0 Å². The summed E-state index contributed by atoms with van der Waals surface area (Å²) in [6, 6.07) is 1.37. The van der Waals surface area contributed by atoms with Crippen molar-refractivity contribution < 1.29 is 12.8 Å². The topological polar surface area (TPSA) is 104 Å². The van der Waals surface area contributed by atoms with Gasteiger partial charge in [0.25, 0.3) is 15.2 Å². The van der Waals surface area contributed by atoms with Crippen molar-refractivity contribution in [3.63, 3.8) is 0 Å². The number of hydrogen-bond acceptors (Lipinski definition) is 5. The molecule has 2 aromatic rings. The zero-order valence-electron chi connectivity index (χ0n) is 9.69. The van der Waals surface area contributed by atoms with E-state index in [-0.39, 0.29) is 22.6 Å². The van der Waals surface area contributed by atoms with Gasteiger partial charge in [-0.25, -0.2) is 17.9 Å². The van der Waals surface area contributed by atoms with Crippen molar-refractivity contribution in [2.75, 3.05) is 0 Å². The van der Waals surface area contributed by atoms with Crippen LogP contribution in [0.5, 0.6) is 0 Å². The zero-order valence-corrected chi connectivity index (χ0v) is 10.5. The fourth-order valence-electron chi connectivity index (χ4n) is 1.87. The summed E-state index contributed by atoms with van der Waals surface area (Å²) < 4.78 is 38.0. The summed E-state index contributed by atoms with van der Waals surface area (Å²) in [6.07, 6.45) is 4.03. The molecule has 1 aliphatic carbocycles. The molecule has 0 aromatic carbocycles. The summed E-state index contributed by atoms with van der Waals surface area (Å²) in [6.45, 7) is 0. The predicted molar refractivity (Wildman–Crippen MR) is 62.9 cm³/mol. The van der Waals surface area contributed by atoms with Gasteiger partial charge in [0, 0.05) is 12.2 Å². The molecule has 0 radical (unpaired) electrons. The minimum absolute atomic E-state index is 0.0501. The van der Waals surface area contributed by atoms with Crippen molar-refractivity contribution in [2.24, 2.45) is 5.14 Å². The molecule has 1 fully saturated rings. The van der Waals surface area contributed by atoms with Crippen LogP contribution in [0.2, 0.25) is 0 Å². The van der Waals surface area contributed by atoms with Gasteiger partial charge in [0.15, 0.2) is 11.6 Å². The van der Waals surface area contributed by atoms with Crippen LogP contribution in [0.1, 0.15) is 18.9 Å². The molecule has 100 valence electrons. The van der Waals surface area contributed by atoms with E-state index in [2.05, 4.69) is 15.2 Å². The molecule has 2 aromatic heterocycles. The first-order valence-electron chi connectivity index (χ1n) is 5.56. The molecule has 0 spiro atoms. The van der Waals surface area contributed by atoms with Crippen LogP contribution in [0.25, 0.3) is 11.4 Å². The maximum atomic E-state index is 13.7. The standard InChI is InChI=1S/C10H10FN5O2S/c11-8-5-13-4-3-7(8)9-14-15-10(19(12,17)18)16(9)6-1-2-6/h3-6H,1-2H2,(H2,12,17,18). The lowest BCUT2D eigenvalue weighted by Crippen LogP contribution is -2.18.